The molecule has 1 atom stereocenters. The minimum absolute atomic E-state index is 0.0358. The van der Waals surface area contributed by atoms with Crippen LogP contribution in [-0.4, -0.2) is 29.0 Å². The molecule has 1 aliphatic rings. The summed E-state index contributed by atoms with van der Waals surface area (Å²) in [6, 6.07) is 15.9. The number of carbonyl (C=O) groups is 1. The van der Waals surface area contributed by atoms with Gasteiger partial charge in [0.15, 0.2) is 0 Å². The molecular weight excluding hydrogens is 419 g/mol. The number of nitrogens with zero attached hydrogens (tertiary/aromatic N) is 3. The third-order valence-electron chi connectivity index (χ3n) is 6.10. The zero-order valence-electron chi connectivity index (χ0n) is 19.0. The lowest BCUT2D eigenvalue weighted by Gasteiger charge is -2.32. The molecule has 1 fully saturated rings. The fourth-order valence-corrected chi connectivity index (χ4v) is 4.01. The van der Waals surface area contributed by atoms with Crippen molar-refractivity contribution in [2.45, 2.75) is 39.2 Å². The average Bonchev–Trinajstić information content (AvgIpc) is 2.85. The molecule has 0 spiro atoms. The van der Waals surface area contributed by atoms with Crippen LogP contribution in [0.15, 0.2) is 60.9 Å². The summed E-state index contributed by atoms with van der Waals surface area (Å²) in [6.07, 6.45) is 3.96. The van der Waals surface area contributed by atoms with Crippen molar-refractivity contribution in [3.63, 3.8) is 0 Å². The molecule has 1 aliphatic heterocycles. The maximum Gasteiger partial charge on any atom is 0.224 e. The predicted octanol–water partition coefficient (Wildman–Crippen LogP) is 5.06. The summed E-state index contributed by atoms with van der Waals surface area (Å²) in [5.74, 6) is 1.73. The van der Waals surface area contributed by atoms with Crippen LogP contribution in [0.25, 0.3) is 0 Å². The second-order valence-corrected chi connectivity index (χ2v) is 8.36. The highest BCUT2D eigenvalue weighted by Crippen LogP contribution is 2.26. The van der Waals surface area contributed by atoms with Crippen LogP contribution in [0.1, 0.15) is 43.9 Å². The first-order chi connectivity index (χ1) is 16.0. The number of piperidine rings is 1. The van der Waals surface area contributed by atoms with Crippen molar-refractivity contribution in [1.29, 1.82) is 0 Å². The van der Waals surface area contributed by atoms with E-state index in [2.05, 4.69) is 27.1 Å². The molecule has 7 heteroatoms. The van der Waals surface area contributed by atoms with Crippen molar-refractivity contribution < 1.29 is 13.9 Å². The maximum atomic E-state index is 13.1. The summed E-state index contributed by atoms with van der Waals surface area (Å²) < 4.78 is 19.0. The number of rotatable bonds is 7. The lowest BCUT2D eigenvalue weighted by atomic mass is 9.95. The minimum Gasteiger partial charge on any atom is -0.439 e. The first kappa shape index (κ1) is 22.7. The fourth-order valence-electron chi connectivity index (χ4n) is 4.01. The Bertz CT molecular complexity index is 1060. The lowest BCUT2D eigenvalue weighted by Crippen LogP contribution is -2.41. The van der Waals surface area contributed by atoms with E-state index >= 15 is 0 Å². The number of benzene rings is 2. The second kappa shape index (κ2) is 10.4. The van der Waals surface area contributed by atoms with E-state index in [0.717, 1.165) is 49.5 Å². The van der Waals surface area contributed by atoms with Gasteiger partial charge in [0.05, 0.1) is 6.04 Å². The van der Waals surface area contributed by atoms with Gasteiger partial charge in [-0.1, -0.05) is 31.2 Å². The Morgan fingerprint density at radius 1 is 1.12 bits per heavy atom. The van der Waals surface area contributed by atoms with Gasteiger partial charge < -0.3 is 15.0 Å². The number of aryl methyl sites for hydroxylation is 1. The van der Waals surface area contributed by atoms with Crippen LogP contribution in [0.4, 0.5) is 10.2 Å². The minimum atomic E-state index is -0.280. The Morgan fingerprint density at radius 2 is 1.82 bits per heavy atom. The third-order valence-corrected chi connectivity index (χ3v) is 6.10. The average molecular weight is 449 g/mol. The van der Waals surface area contributed by atoms with Gasteiger partial charge in [-0.2, -0.15) is 0 Å². The number of hydrogen-bond acceptors (Lipinski definition) is 5. The summed E-state index contributed by atoms with van der Waals surface area (Å²) in [6.45, 7) is 5.49. The summed E-state index contributed by atoms with van der Waals surface area (Å²) in [4.78, 5) is 23.5. The molecule has 1 N–H and O–H groups in total. The van der Waals surface area contributed by atoms with Crippen LogP contribution in [-0.2, 0) is 11.2 Å². The van der Waals surface area contributed by atoms with Crippen LogP contribution in [0, 0.1) is 11.7 Å². The number of anilines is 1. The highest BCUT2D eigenvalue weighted by Gasteiger charge is 2.27. The van der Waals surface area contributed by atoms with Gasteiger partial charge >= 0.3 is 0 Å². The Hall–Kier alpha value is -3.48. The number of hydrogen-bond donors (Lipinski definition) is 1. The smallest absolute Gasteiger partial charge is 0.224 e. The molecule has 4 rings (SSSR count). The van der Waals surface area contributed by atoms with Crippen molar-refractivity contribution in [3.05, 3.63) is 77.9 Å². The van der Waals surface area contributed by atoms with E-state index in [9.17, 15) is 9.18 Å². The van der Waals surface area contributed by atoms with Crippen molar-refractivity contribution >= 4 is 11.7 Å². The molecular formula is C26H29FN4O2. The molecule has 0 bridgehead atoms. The zero-order chi connectivity index (χ0) is 23.2. The van der Waals surface area contributed by atoms with Gasteiger partial charge in [0.2, 0.25) is 11.8 Å². The topological polar surface area (TPSA) is 67.3 Å². The van der Waals surface area contributed by atoms with Crippen LogP contribution < -0.4 is 15.0 Å². The normalized spacial score (nSPS) is 15.2. The van der Waals surface area contributed by atoms with Crippen molar-refractivity contribution in [3.8, 4) is 11.6 Å². The maximum absolute atomic E-state index is 13.1. The van der Waals surface area contributed by atoms with E-state index in [4.69, 9.17) is 4.74 Å². The fraction of sp³-hybridized carbons (Fsp3) is 0.346. The molecule has 0 unspecified atom stereocenters. The number of ether oxygens (including phenoxy) is 1. The van der Waals surface area contributed by atoms with Gasteiger partial charge in [-0.05, 0) is 61.6 Å². The van der Waals surface area contributed by atoms with Gasteiger partial charge in [0, 0.05) is 25.1 Å². The van der Waals surface area contributed by atoms with Crippen LogP contribution in [0.5, 0.6) is 11.6 Å². The first-order valence-corrected chi connectivity index (χ1v) is 11.4. The zero-order valence-corrected chi connectivity index (χ0v) is 19.0. The molecule has 33 heavy (non-hydrogen) atoms. The number of amides is 1. The van der Waals surface area contributed by atoms with E-state index in [-0.39, 0.29) is 23.7 Å². The van der Waals surface area contributed by atoms with E-state index < -0.39 is 0 Å². The molecule has 1 amide bonds. The van der Waals surface area contributed by atoms with Gasteiger partial charge in [0.1, 0.15) is 23.7 Å². The first-order valence-electron chi connectivity index (χ1n) is 11.4. The molecule has 1 saturated heterocycles. The quantitative estimate of drug-likeness (QED) is 0.547. The number of halogens is 1. The molecule has 0 aliphatic carbocycles. The summed E-state index contributed by atoms with van der Waals surface area (Å²) in [7, 11) is 0. The van der Waals surface area contributed by atoms with E-state index in [1.807, 2.05) is 37.3 Å². The van der Waals surface area contributed by atoms with Crippen molar-refractivity contribution in [1.82, 2.24) is 15.3 Å². The molecule has 6 nitrogen and oxygen atoms in total. The standard InChI is InChI=1S/C26H29FN4O2/c1-3-19-4-10-23(11-5-19)33-25-16-24(28-17-29-25)31-14-12-21(13-15-31)26(32)30-18(2)20-6-8-22(27)9-7-20/h4-11,16-18,21H,3,12-15H2,1-2H3,(H,30,32)/t18-/m0/s1. The van der Waals surface area contributed by atoms with Crippen LogP contribution in [0.3, 0.4) is 0 Å². The summed E-state index contributed by atoms with van der Waals surface area (Å²) in [5.41, 5.74) is 2.14. The van der Waals surface area contributed by atoms with Gasteiger partial charge in [-0.15, -0.1) is 0 Å². The van der Waals surface area contributed by atoms with Gasteiger partial charge in [-0.3, -0.25) is 4.79 Å². The Kier molecular flexibility index (Phi) is 7.17. The predicted molar refractivity (Wildman–Crippen MR) is 126 cm³/mol. The number of aromatic nitrogens is 2. The molecule has 172 valence electrons. The van der Waals surface area contributed by atoms with E-state index in [0.29, 0.717) is 5.88 Å². The van der Waals surface area contributed by atoms with Gasteiger partial charge in [-0.25, -0.2) is 14.4 Å². The molecule has 0 saturated carbocycles. The van der Waals surface area contributed by atoms with Crippen LogP contribution >= 0.6 is 0 Å². The lowest BCUT2D eigenvalue weighted by molar-refractivity contribution is -0.126. The molecule has 2 aromatic carbocycles. The largest absolute Gasteiger partial charge is 0.439 e. The monoisotopic (exact) mass is 448 g/mol. The van der Waals surface area contributed by atoms with Crippen molar-refractivity contribution in [2.24, 2.45) is 5.92 Å². The number of nitrogens with one attached hydrogen (secondary N) is 1. The Labute approximate surface area is 193 Å². The Morgan fingerprint density at radius 3 is 2.48 bits per heavy atom. The van der Waals surface area contributed by atoms with Gasteiger partial charge in [0.25, 0.3) is 0 Å². The third kappa shape index (κ3) is 5.86. The number of carbonyl (C=O) groups excluding carboxylic acids is 1. The molecule has 0 radical (unpaired) electrons. The van der Waals surface area contributed by atoms with E-state index in [1.165, 1.54) is 24.0 Å². The molecule has 3 aromatic rings. The second-order valence-electron chi connectivity index (χ2n) is 8.36. The molecule has 2 heterocycles. The molecule has 1 aromatic heterocycles. The SMILES string of the molecule is CCc1ccc(Oc2cc(N3CCC(C(=O)N[C@@H](C)c4ccc(F)cc4)CC3)ncn2)cc1. The highest BCUT2D eigenvalue weighted by atomic mass is 19.1. The van der Waals surface area contributed by atoms with E-state index in [1.54, 1.807) is 12.1 Å². The summed E-state index contributed by atoms with van der Waals surface area (Å²) in [5, 5.41) is 3.06. The summed E-state index contributed by atoms with van der Waals surface area (Å²) >= 11 is 0. The van der Waals surface area contributed by atoms with Crippen LogP contribution in [0.2, 0.25) is 0 Å². The van der Waals surface area contributed by atoms with Crippen molar-refractivity contribution in [2.75, 3.05) is 18.0 Å². The highest BCUT2D eigenvalue weighted by molar-refractivity contribution is 5.79. The Balaban J connectivity index is 1.31.